The molecule has 1 aliphatic rings. The van der Waals surface area contributed by atoms with Gasteiger partial charge in [0.25, 0.3) is 5.56 Å². The highest BCUT2D eigenvalue weighted by Crippen LogP contribution is 2.30. The van der Waals surface area contributed by atoms with Crippen molar-refractivity contribution in [1.29, 1.82) is 0 Å². The van der Waals surface area contributed by atoms with Crippen molar-refractivity contribution in [3.63, 3.8) is 0 Å². The molecule has 0 spiro atoms. The predicted molar refractivity (Wildman–Crippen MR) is 104 cm³/mol. The largest absolute Gasteiger partial charge is 0.463 e. The molecule has 1 aliphatic heterocycles. The fraction of sp³-hybridized carbons (Fsp3) is 0.333. The maximum Gasteiger partial charge on any atom is 0.330 e. The average molecular weight is 412 g/mol. The fourth-order valence-electron chi connectivity index (χ4n) is 3.01. The summed E-state index contributed by atoms with van der Waals surface area (Å²) in [5, 5.41) is 0. The number of benzene rings is 1. The van der Waals surface area contributed by atoms with Crippen LogP contribution in [0.4, 0.5) is 0 Å². The Morgan fingerprint density at radius 1 is 1.17 bits per heavy atom. The molecular formula is C21H20N2O7. The zero-order chi connectivity index (χ0) is 21.7. The number of aromatic nitrogens is 2. The van der Waals surface area contributed by atoms with Crippen LogP contribution >= 0.6 is 0 Å². The standard InChI is InChI=1S/C21H20N2O7/c1-13(24)28-12-18-17(29-14(2)25)10-19(30-18)23-11-16(20(26)22-21(23)27)9-8-15-6-4-3-5-7-15/h3-7,11,17-19H,10,12H2,1-2H3,(H,22,26,27)/t17-,18+,19+/m0/s1. The van der Waals surface area contributed by atoms with E-state index in [4.69, 9.17) is 14.2 Å². The molecule has 0 bridgehead atoms. The minimum Gasteiger partial charge on any atom is -0.463 e. The predicted octanol–water partition coefficient (Wildman–Crippen LogP) is 0.719. The Hall–Kier alpha value is -3.64. The van der Waals surface area contributed by atoms with Crippen LogP contribution in [0.5, 0.6) is 0 Å². The number of hydrogen-bond acceptors (Lipinski definition) is 7. The van der Waals surface area contributed by atoms with Crippen molar-refractivity contribution >= 4 is 11.9 Å². The van der Waals surface area contributed by atoms with Crippen LogP contribution in [0.2, 0.25) is 0 Å². The van der Waals surface area contributed by atoms with Gasteiger partial charge in [-0.15, -0.1) is 0 Å². The van der Waals surface area contributed by atoms with Crippen molar-refractivity contribution in [2.45, 2.75) is 38.7 Å². The molecule has 9 nitrogen and oxygen atoms in total. The Kier molecular flexibility index (Phi) is 6.49. The van der Waals surface area contributed by atoms with Crippen molar-refractivity contribution in [3.05, 3.63) is 68.5 Å². The second-order valence-corrected chi connectivity index (χ2v) is 6.64. The number of hydrogen-bond donors (Lipinski definition) is 1. The first-order valence-electron chi connectivity index (χ1n) is 9.22. The van der Waals surface area contributed by atoms with Crippen molar-refractivity contribution in [3.8, 4) is 11.8 Å². The van der Waals surface area contributed by atoms with Crippen LogP contribution in [0, 0.1) is 11.8 Å². The van der Waals surface area contributed by atoms with E-state index in [-0.39, 0.29) is 18.6 Å². The van der Waals surface area contributed by atoms with Gasteiger partial charge in [0.05, 0.1) is 0 Å². The van der Waals surface area contributed by atoms with Crippen molar-refractivity contribution in [2.24, 2.45) is 0 Å². The van der Waals surface area contributed by atoms with E-state index in [9.17, 15) is 19.2 Å². The number of H-pyrrole nitrogens is 1. The van der Waals surface area contributed by atoms with E-state index >= 15 is 0 Å². The first-order valence-corrected chi connectivity index (χ1v) is 9.22. The summed E-state index contributed by atoms with van der Waals surface area (Å²) in [4.78, 5) is 49.2. The second kappa shape index (κ2) is 9.24. The third-order valence-corrected chi connectivity index (χ3v) is 4.34. The Morgan fingerprint density at radius 3 is 2.57 bits per heavy atom. The Bertz CT molecular complexity index is 1110. The minimum atomic E-state index is -0.837. The summed E-state index contributed by atoms with van der Waals surface area (Å²) in [6.45, 7) is 2.36. The summed E-state index contributed by atoms with van der Waals surface area (Å²) in [5.41, 5.74) is -0.520. The van der Waals surface area contributed by atoms with E-state index in [1.807, 2.05) is 18.2 Å². The number of carbonyl (C=O) groups excluding carboxylic acids is 2. The molecule has 2 heterocycles. The average Bonchev–Trinajstić information content (AvgIpc) is 3.08. The second-order valence-electron chi connectivity index (χ2n) is 6.64. The van der Waals surface area contributed by atoms with Gasteiger partial charge in [0.2, 0.25) is 0 Å². The van der Waals surface area contributed by atoms with Gasteiger partial charge in [-0.05, 0) is 12.1 Å². The maximum atomic E-state index is 12.3. The lowest BCUT2D eigenvalue weighted by Crippen LogP contribution is -2.34. The van der Waals surface area contributed by atoms with Gasteiger partial charge in [-0.25, -0.2) is 4.79 Å². The highest BCUT2D eigenvalue weighted by molar-refractivity contribution is 5.66. The molecule has 30 heavy (non-hydrogen) atoms. The number of esters is 2. The minimum absolute atomic E-state index is 0.0783. The van der Waals surface area contributed by atoms with Gasteiger partial charge in [-0.3, -0.25) is 23.9 Å². The van der Waals surface area contributed by atoms with Gasteiger partial charge >= 0.3 is 17.6 Å². The summed E-state index contributed by atoms with van der Waals surface area (Å²) in [7, 11) is 0. The molecule has 0 aliphatic carbocycles. The lowest BCUT2D eigenvalue weighted by Gasteiger charge is -2.17. The monoisotopic (exact) mass is 412 g/mol. The molecule has 3 atom stereocenters. The summed E-state index contributed by atoms with van der Waals surface area (Å²) in [6, 6.07) is 9.07. The summed E-state index contributed by atoms with van der Waals surface area (Å²) < 4.78 is 17.2. The quantitative estimate of drug-likeness (QED) is 0.581. The molecule has 0 radical (unpaired) electrons. The highest BCUT2D eigenvalue weighted by atomic mass is 16.6. The number of carbonyl (C=O) groups is 2. The Balaban J connectivity index is 1.88. The van der Waals surface area contributed by atoms with Crippen LogP contribution in [0.15, 0.2) is 46.1 Å². The van der Waals surface area contributed by atoms with Gasteiger partial charge < -0.3 is 14.2 Å². The van der Waals surface area contributed by atoms with E-state index in [1.54, 1.807) is 12.1 Å². The number of nitrogens with one attached hydrogen (secondary N) is 1. The summed E-state index contributed by atoms with van der Waals surface area (Å²) in [6.07, 6.45) is -0.856. The first kappa shape index (κ1) is 21.1. The molecule has 1 saturated heterocycles. The molecule has 9 heteroatoms. The summed E-state index contributed by atoms with van der Waals surface area (Å²) >= 11 is 0. The molecule has 1 N–H and O–H groups in total. The third kappa shape index (κ3) is 5.24. The molecule has 1 aromatic carbocycles. The first-order chi connectivity index (χ1) is 14.3. The van der Waals surface area contributed by atoms with Crippen molar-refractivity contribution in [1.82, 2.24) is 9.55 Å². The molecule has 1 fully saturated rings. The zero-order valence-corrected chi connectivity index (χ0v) is 16.4. The van der Waals surface area contributed by atoms with Gasteiger partial charge in [0.1, 0.15) is 30.6 Å². The van der Waals surface area contributed by atoms with E-state index in [1.165, 1.54) is 24.6 Å². The lowest BCUT2D eigenvalue weighted by atomic mass is 10.2. The topological polar surface area (TPSA) is 117 Å². The lowest BCUT2D eigenvalue weighted by molar-refractivity contribution is -0.155. The van der Waals surface area contributed by atoms with E-state index in [0.29, 0.717) is 5.56 Å². The zero-order valence-electron chi connectivity index (χ0n) is 16.4. The molecule has 156 valence electrons. The van der Waals surface area contributed by atoms with Crippen molar-refractivity contribution in [2.75, 3.05) is 6.61 Å². The maximum absolute atomic E-state index is 12.3. The number of ether oxygens (including phenoxy) is 3. The Labute approximate surface area is 171 Å². The van der Waals surface area contributed by atoms with E-state index in [0.717, 1.165) is 0 Å². The Morgan fingerprint density at radius 2 is 1.90 bits per heavy atom. The van der Waals surface area contributed by atoms with Gasteiger partial charge in [0.15, 0.2) is 0 Å². The van der Waals surface area contributed by atoms with Crippen LogP contribution in [0.1, 0.15) is 37.6 Å². The molecule has 2 aromatic rings. The molecule has 0 saturated carbocycles. The molecule has 0 unspecified atom stereocenters. The van der Waals surface area contributed by atoms with Crippen LogP contribution in [-0.2, 0) is 23.8 Å². The number of aromatic amines is 1. The fourth-order valence-corrected chi connectivity index (χ4v) is 3.01. The normalized spacial score (nSPS) is 20.1. The third-order valence-electron chi connectivity index (χ3n) is 4.34. The molecular weight excluding hydrogens is 392 g/mol. The van der Waals surface area contributed by atoms with Crippen molar-refractivity contribution < 1.29 is 23.8 Å². The summed E-state index contributed by atoms with van der Waals surface area (Å²) in [5.74, 6) is 4.58. The van der Waals surface area contributed by atoms with Crippen LogP contribution < -0.4 is 11.2 Å². The smallest absolute Gasteiger partial charge is 0.330 e. The number of nitrogens with zero attached hydrogens (tertiary/aromatic N) is 1. The van der Waals surface area contributed by atoms with Gasteiger partial charge in [-0.1, -0.05) is 30.0 Å². The molecule has 0 amide bonds. The molecule has 3 rings (SSSR count). The van der Waals surface area contributed by atoms with E-state index < -0.39 is 41.6 Å². The molecule has 1 aromatic heterocycles. The van der Waals surface area contributed by atoms with Crippen LogP contribution in [0.25, 0.3) is 0 Å². The highest BCUT2D eigenvalue weighted by Gasteiger charge is 2.39. The number of rotatable bonds is 4. The van der Waals surface area contributed by atoms with Crippen LogP contribution in [0.3, 0.4) is 0 Å². The van der Waals surface area contributed by atoms with Crippen LogP contribution in [-0.4, -0.2) is 40.3 Å². The van der Waals surface area contributed by atoms with Gasteiger partial charge in [-0.2, -0.15) is 0 Å². The van der Waals surface area contributed by atoms with Gasteiger partial charge in [0, 0.05) is 32.0 Å². The van der Waals surface area contributed by atoms with E-state index in [2.05, 4.69) is 16.8 Å². The SMILES string of the molecule is CC(=O)OC[C@H]1O[C@@H](n2cc(C#Cc3ccccc3)c(=O)[nH]c2=O)C[C@@H]1OC(C)=O.